The second kappa shape index (κ2) is 10.4. The molecule has 0 radical (unpaired) electrons. The topological polar surface area (TPSA) is 75.7 Å². The van der Waals surface area contributed by atoms with Crippen molar-refractivity contribution in [2.45, 2.75) is 18.0 Å². The number of nitrogens with one attached hydrogen (secondary N) is 1. The number of carbonyl (C=O) groups excluding carboxylic acids is 1. The van der Waals surface area contributed by atoms with Crippen LogP contribution in [0, 0.1) is 0 Å². The summed E-state index contributed by atoms with van der Waals surface area (Å²) in [6.45, 7) is 0.0399. The van der Waals surface area contributed by atoms with Crippen LogP contribution in [0.5, 0.6) is 5.75 Å². The number of nitrogens with zero attached hydrogens (tertiary/aromatic N) is 1. The van der Waals surface area contributed by atoms with Crippen molar-refractivity contribution in [2.75, 3.05) is 13.7 Å². The minimum absolute atomic E-state index is 0.0730. The van der Waals surface area contributed by atoms with Gasteiger partial charge in [-0.05, 0) is 47.5 Å². The Balaban J connectivity index is 1.78. The van der Waals surface area contributed by atoms with E-state index in [1.54, 1.807) is 36.4 Å². The van der Waals surface area contributed by atoms with Crippen molar-refractivity contribution in [3.05, 3.63) is 95.0 Å². The minimum Gasteiger partial charge on any atom is -0.497 e. The van der Waals surface area contributed by atoms with Crippen LogP contribution in [0.2, 0.25) is 5.02 Å². The van der Waals surface area contributed by atoms with E-state index in [-0.39, 0.29) is 24.5 Å². The average molecular weight is 459 g/mol. The van der Waals surface area contributed by atoms with Crippen molar-refractivity contribution in [3.63, 3.8) is 0 Å². The molecule has 0 spiro atoms. The average Bonchev–Trinajstić information content (AvgIpc) is 2.79. The van der Waals surface area contributed by atoms with Gasteiger partial charge in [-0.25, -0.2) is 8.42 Å². The molecule has 0 saturated heterocycles. The molecule has 0 aliphatic carbocycles. The third kappa shape index (κ3) is 6.30. The van der Waals surface area contributed by atoms with E-state index < -0.39 is 15.9 Å². The van der Waals surface area contributed by atoms with Crippen LogP contribution in [0.1, 0.15) is 11.1 Å². The molecule has 0 heterocycles. The van der Waals surface area contributed by atoms with Gasteiger partial charge < -0.3 is 10.1 Å². The zero-order valence-corrected chi connectivity index (χ0v) is 18.6. The molecule has 6 nitrogen and oxygen atoms in total. The zero-order chi connectivity index (χ0) is 22.3. The number of ether oxygens (including phenoxy) is 1. The van der Waals surface area contributed by atoms with Gasteiger partial charge in [0.2, 0.25) is 15.9 Å². The first-order chi connectivity index (χ1) is 14.9. The fourth-order valence-electron chi connectivity index (χ4n) is 2.93. The first-order valence-corrected chi connectivity index (χ1v) is 11.4. The smallest absolute Gasteiger partial charge is 0.243 e. The number of methoxy groups -OCH3 is 1. The SMILES string of the molecule is COc1ccc(S(=O)(=O)N(CC(=O)NCc2ccc(Cl)cc2)Cc2ccccc2)cc1. The normalized spacial score (nSPS) is 11.3. The van der Waals surface area contributed by atoms with E-state index in [1.165, 1.54) is 23.5 Å². The second-order valence-corrected chi connectivity index (χ2v) is 9.21. The van der Waals surface area contributed by atoms with Crippen molar-refractivity contribution < 1.29 is 17.9 Å². The zero-order valence-electron chi connectivity index (χ0n) is 17.0. The highest BCUT2D eigenvalue weighted by Gasteiger charge is 2.27. The van der Waals surface area contributed by atoms with Crippen LogP contribution in [0.3, 0.4) is 0 Å². The summed E-state index contributed by atoms with van der Waals surface area (Å²) in [5.41, 5.74) is 1.65. The van der Waals surface area contributed by atoms with Gasteiger partial charge in [0.1, 0.15) is 5.75 Å². The Morgan fingerprint density at radius 1 is 0.935 bits per heavy atom. The number of benzene rings is 3. The summed E-state index contributed by atoms with van der Waals surface area (Å²) in [6.07, 6.45) is 0. The maximum absolute atomic E-state index is 13.3. The van der Waals surface area contributed by atoms with Gasteiger partial charge >= 0.3 is 0 Å². The van der Waals surface area contributed by atoms with Gasteiger partial charge in [0.05, 0.1) is 18.6 Å². The summed E-state index contributed by atoms with van der Waals surface area (Å²) < 4.78 is 32.8. The molecule has 31 heavy (non-hydrogen) atoms. The highest BCUT2D eigenvalue weighted by molar-refractivity contribution is 7.89. The number of amides is 1. The molecule has 0 unspecified atom stereocenters. The maximum Gasteiger partial charge on any atom is 0.243 e. The van der Waals surface area contributed by atoms with Crippen LogP contribution >= 0.6 is 11.6 Å². The molecule has 162 valence electrons. The first-order valence-electron chi connectivity index (χ1n) is 9.58. The summed E-state index contributed by atoms with van der Waals surface area (Å²) in [5.74, 6) is 0.150. The largest absolute Gasteiger partial charge is 0.497 e. The third-order valence-corrected chi connectivity index (χ3v) is 6.68. The second-order valence-electron chi connectivity index (χ2n) is 6.84. The molecular weight excluding hydrogens is 436 g/mol. The molecule has 1 N–H and O–H groups in total. The quantitative estimate of drug-likeness (QED) is 0.528. The lowest BCUT2D eigenvalue weighted by molar-refractivity contribution is -0.121. The number of rotatable bonds is 9. The molecule has 0 bridgehead atoms. The molecular formula is C23H23ClN2O4S. The lowest BCUT2D eigenvalue weighted by atomic mass is 10.2. The molecule has 0 fully saturated rings. The molecule has 8 heteroatoms. The highest BCUT2D eigenvalue weighted by atomic mass is 35.5. The molecule has 0 aromatic heterocycles. The van der Waals surface area contributed by atoms with Gasteiger partial charge in [-0.3, -0.25) is 4.79 Å². The van der Waals surface area contributed by atoms with Crippen LogP contribution in [0.15, 0.2) is 83.8 Å². The van der Waals surface area contributed by atoms with Gasteiger partial charge in [0.25, 0.3) is 0 Å². The Labute approximate surface area is 187 Å². The molecule has 3 rings (SSSR count). The first kappa shape index (κ1) is 22.8. The third-order valence-electron chi connectivity index (χ3n) is 4.62. The van der Waals surface area contributed by atoms with E-state index in [4.69, 9.17) is 16.3 Å². The van der Waals surface area contributed by atoms with E-state index in [1.807, 2.05) is 30.3 Å². The van der Waals surface area contributed by atoms with Crippen LogP contribution in [-0.4, -0.2) is 32.3 Å². The number of sulfonamides is 1. The van der Waals surface area contributed by atoms with Gasteiger partial charge in [0.15, 0.2) is 0 Å². The van der Waals surface area contributed by atoms with Gasteiger partial charge in [-0.15, -0.1) is 0 Å². The van der Waals surface area contributed by atoms with Crippen molar-refractivity contribution in [1.82, 2.24) is 9.62 Å². The van der Waals surface area contributed by atoms with Crippen molar-refractivity contribution in [2.24, 2.45) is 0 Å². The van der Waals surface area contributed by atoms with E-state index in [2.05, 4.69) is 5.32 Å². The van der Waals surface area contributed by atoms with Crippen molar-refractivity contribution >= 4 is 27.5 Å². The number of hydrogen-bond donors (Lipinski definition) is 1. The molecule has 0 saturated carbocycles. The Kier molecular flexibility index (Phi) is 7.68. The van der Waals surface area contributed by atoms with Crippen LogP contribution < -0.4 is 10.1 Å². The lowest BCUT2D eigenvalue weighted by Crippen LogP contribution is -2.40. The highest BCUT2D eigenvalue weighted by Crippen LogP contribution is 2.21. The van der Waals surface area contributed by atoms with E-state index >= 15 is 0 Å². The monoisotopic (exact) mass is 458 g/mol. The van der Waals surface area contributed by atoms with Crippen LogP contribution in [-0.2, 0) is 27.9 Å². The van der Waals surface area contributed by atoms with Crippen molar-refractivity contribution in [3.8, 4) is 5.75 Å². The molecule has 3 aromatic carbocycles. The maximum atomic E-state index is 13.3. The minimum atomic E-state index is -3.91. The van der Waals surface area contributed by atoms with Crippen molar-refractivity contribution in [1.29, 1.82) is 0 Å². The number of hydrogen-bond acceptors (Lipinski definition) is 4. The fraction of sp³-hybridized carbons (Fsp3) is 0.174. The fourth-order valence-corrected chi connectivity index (χ4v) is 4.44. The predicted octanol–water partition coefficient (Wildman–Crippen LogP) is 3.86. The van der Waals surface area contributed by atoms with Gasteiger partial charge in [0, 0.05) is 18.1 Å². The Bertz CT molecular complexity index is 1100. The molecule has 0 atom stereocenters. The van der Waals surface area contributed by atoms with Gasteiger partial charge in [-0.1, -0.05) is 54.1 Å². The van der Waals surface area contributed by atoms with E-state index in [0.29, 0.717) is 10.8 Å². The summed E-state index contributed by atoms with van der Waals surface area (Å²) in [4.78, 5) is 12.7. The number of halogens is 1. The van der Waals surface area contributed by atoms with E-state index in [0.717, 1.165) is 11.1 Å². The summed E-state index contributed by atoms with van der Waals surface area (Å²) in [6, 6.07) is 22.3. The van der Waals surface area contributed by atoms with Crippen LogP contribution in [0.4, 0.5) is 0 Å². The standard InChI is InChI=1S/C23H23ClN2O4S/c1-30-21-11-13-22(14-12-21)31(28,29)26(16-19-5-3-2-4-6-19)17-23(27)25-15-18-7-9-20(24)10-8-18/h2-14H,15-17H2,1H3,(H,25,27). The summed E-state index contributed by atoms with van der Waals surface area (Å²) in [7, 11) is -2.40. The molecule has 3 aromatic rings. The summed E-state index contributed by atoms with van der Waals surface area (Å²) >= 11 is 5.88. The Hall–Kier alpha value is -2.87. The molecule has 0 aliphatic rings. The Morgan fingerprint density at radius 2 is 1.58 bits per heavy atom. The summed E-state index contributed by atoms with van der Waals surface area (Å²) in [5, 5.41) is 3.37. The van der Waals surface area contributed by atoms with Crippen LogP contribution in [0.25, 0.3) is 0 Å². The molecule has 0 aliphatic heterocycles. The lowest BCUT2D eigenvalue weighted by Gasteiger charge is -2.22. The van der Waals surface area contributed by atoms with Gasteiger partial charge in [-0.2, -0.15) is 4.31 Å². The van der Waals surface area contributed by atoms with E-state index in [9.17, 15) is 13.2 Å². The molecule has 1 amide bonds. The predicted molar refractivity (Wildman–Crippen MR) is 120 cm³/mol. The number of carbonyl (C=O) groups is 1. The Morgan fingerprint density at radius 3 is 2.19 bits per heavy atom.